The summed E-state index contributed by atoms with van der Waals surface area (Å²) in [4.78, 5) is 11.9. The molecule has 4 nitrogen and oxygen atoms in total. The van der Waals surface area contributed by atoms with Gasteiger partial charge in [0.25, 0.3) is 5.91 Å². The Bertz CT molecular complexity index is 637. The van der Waals surface area contributed by atoms with Crippen LogP contribution in [0.3, 0.4) is 0 Å². The zero-order chi connectivity index (χ0) is 16.7. The molecule has 0 aliphatic carbocycles. The fourth-order valence-electron chi connectivity index (χ4n) is 2.07. The minimum atomic E-state index is -0.161. The summed E-state index contributed by atoms with van der Waals surface area (Å²) < 4.78 is 11.1. The van der Waals surface area contributed by atoms with Crippen LogP contribution in [-0.4, -0.2) is 25.2 Å². The number of ether oxygens (including phenoxy) is 2. The summed E-state index contributed by atoms with van der Waals surface area (Å²) in [6.07, 6.45) is 0. The van der Waals surface area contributed by atoms with Gasteiger partial charge in [-0.05, 0) is 50.6 Å². The van der Waals surface area contributed by atoms with E-state index in [0.717, 1.165) is 11.3 Å². The lowest BCUT2D eigenvalue weighted by atomic mass is 10.2. The number of amides is 1. The highest BCUT2D eigenvalue weighted by Crippen LogP contribution is 2.12. The van der Waals surface area contributed by atoms with Crippen molar-refractivity contribution in [2.75, 3.05) is 13.2 Å². The minimum Gasteiger partial charge on any atom is -0.491 e. The zero-order valence-corrected chi connectivity index (χ0v) is 13.8. The Kier molecular flexibility index (Phi) is 6.03. The molecule has 1 unspecified atom stereocenters. The summed E-state index contributed by atoms with van der Waals surface area (Å²) in [5.41, 5.74) is 2.29. The molecule has 1 atom stereocenters. The predicted molar refractivity (Wildman–Crippen MR) is 91.0 cm³/mol. The molecule has 0 saturated heterocycles. The van der Waals surface area contributed by atoms with Crippen LogP contribution in [0.5, 0.6) is 11.5 Å². The molecule has 0 spiro atoms. The first-order valence-electron chi connectivity index (χ1n) is 7.71. The molecule has 0 heterocycles. The number of nitrogens with one attached hydrogen (secondary N) is 1. The standard InChI is InChI=1S/C19H23NO3/c1-14-7-9-17(10-8-14)22-12-16(3)20-19(21)13-23-18-6-4-5-15(2)11-18/h4-11,16H,12-13H2,1-3H3,(H,20,21). The molecule has 0 fully saturated rings. The average molecular weight is 313 g/mol. The van der Waals surface area contributed by atoms with Gasteiger partial charge in [0.1, 0.15) is 18.1 Å². The van der Waals surface area contributed by atoms with Crippen molar-refractivity contribution in [1.82, 2.24) is 5.32 Å². The molecule has 0 radical (unpaired) electrons. The summed E-state index contributed by atoms with van der Waals surface area (Å²) in [7, 11) is 0. The van der Waals surface area contributed by atoms with Gasteiger partial charge in [0.2, 0.25) is 0 Å². The maximum atomic E-state index is 11.9. The van der Waals surface area contributed by atoms with Crippen molar-refractivity contribution in [1.29, 1.82) is 0 Å². The number of rotatable bonds is 7. The van der Waals surface area contributed by atoms with E-state index in [1.807, 2.05) is 69.3 Å². The first-order valence-corrected chi connectivity index (χ1v) is 7.71. The molecule has 0 aromatic heterocycles. The van der Waals surface area contributed by atoms with E-state index in [-0.39, 0.29) is 18.6 Å². The van der Waals surface area contributed by atoms with Gasteiger partial charge in [0.05, 0.1) is 6.04 Å². The van der Waals surface area contributed by atoms with Gasteiger partial charge in [0, 0.05) is 0 Å². The third kappa shape index (κ3) is 6.02. The van der Waals surface area contributed by atoms with Crippen molar-refractivity contribution in [2.45, 2.75) is 26.8 Å². The van der Waals surface area contributed by atoms with E-state index in [9.17, 15) is 4.79 Å². The Morgan fingerprint density at radius 3 is 2.43 bits per heavy atom. The fourth-order valence-corrected chi connectivity index (χ4v) is 2.07. The zero-order valence-electron chi connectivity index (χ0n) is 13.8. The topological polar surface area (TPSA) is 47.6 Å². The van der Waals surface area contributed by atoms with Crippen LogP contribution in [0.15, 0.2) is 48.5 Å². The molecule has 4 heteroatoms. The van der Waals surface area contributed by atoms with Crippen LogP contribution in [0.1, 0.15) is 18.1 Å². The van der Waals surface area contributed by atoms with Gasteiger partial charge in [-0.25, -0.2) is 0 Å². The first-order chi connectivity index (χ1) is 11.0. The highest BCUT2D eigenvalue weighted by Gasteiger charge is 2.09. The molecular formula is C19H23NO3. The number of carbonyl (C=O) groups is 1. The number of hydrogen-bond acceptors (Lipinski definition) is 3. The van der Waals surface area contributed by atoms with Crippen LogP contribution >= 0.6 is 0 Å². The van der Waals surface area contributed by atoms with Crippen LogP contribution in [0, 0.1) is 13.8 Å². The van der Waals surface area contributed by atoms with Crippen molar-refractivity contribution in [3.63, 3.8) is 0 Å². The Labute approximate surface area is 137 Å². The Balaban J connectivity index is 1.70. The van der Waals surface area contributed by atoms with Crippen molar-refractivity contribution in [3.8, 4) is 11.5 Å². The third-order valence-corrected chi connectivity index (χ3v) is 3.29. The van der Waals surface area contributed by atoms with E-state index in [1.165, 1.54) is 5.56 Å². The van der Waals surface area contributed by atoms with E-state index >= 15 is 0 Å². The lowest BCUT2D eigenvalue weighted by molar-refractivity contribution is -0.123. The van der Waals surface area contributed by atoms with Gasteiger partial charge >= 0.3 is 0 Å². The molecule has 2 aromatic carbocycles. The Hall–Kier alpha value is -2.49. The monoisotopic (exact) mass is 313 g/mol. The van der Waals surface area contributed by atoms with Crippen LogP contribution in [0.25, 0.3) is 0 Å². The van der Waals surface area contributed by atoms with E-state index in [4.69, 9.17) is 9.47 Å². The van der Waals surface area contributed by atoms with Gasteiger partial charge in [-0.15, -0.1) is 0 Å². The van der Waals surface area contributed by atoms with Crippen molar-refractivity contribution < 1.29 is 14.3 Å². The SMILES string of the molecule is Cc1ccc(OCC(C)NC(=O)COc2cccc(C)c2)cc1. The molecule has 2 rings (SSSR count). The van der Waals surface area contributed by atoms with E-state index in [1.54, 1.807) is 0 Å². The van der Waals surface area contributed by atoms with Gasteiger partial charge in [0.15, 0.2) is 6.61 Å². The van der Waals surface area contributed by atoms with Gasteiger partial charge in [-0.1, -0.05) is 29.8 Å². The Morgan fingerprint density at radius 1 is 1.00 bits per heavy atom. The molecule has 2 aromatic rings. The second-order valence-corrected chi connectivity index (χ2v) is 5.70. The van der Waals surface area contributed by atoms with Crippen molar-refractivity contribution >= 4 is 5.91 Å². The third-order valence-electron chi connectivity index (χ3n) is 3.29. The van der Waals surface area contributed by atoms with Gasteiger partial charge < -0.3 is 14.8 Å². The van der Waals surface area contributed by atoms with E-state index in [0.29, 0.717) is 12.4 Å². The van der Waals surface area contributed by atoms with E-state index in [2.05, 4.69) is 5.32 Å². The molecule has 1 amide bonds. The number of hydrogen-bond donors (Lipinski definition) is 1. The maximum Gasteiger partial charge on any atom is 0.258 e. The van der Waals surface area contributed by atoms with Gasteiger partial charge in [-0.2, -0.15) is 0 Å². The summed E-state index contributed by atoms with van der Waals surface area (Å²) in [5, 5.41) is 2.86. The van der Waals surface area contributed by atoms with Crippen LogP contribution in [0.2, 0.25) is 0 Å². The lowest BCUT2D eigenvalue weighted by Crippen LogP contribution is -2.39. The summed E-state index contributed by atoms with van der Waals surface area (Å²) in [6.45, 7) is 6.33. The number of carbonyl (C=O) groups excluding carboxylic acids is 1. The summed E-state index contributed by atoms with van der Waals surface area (Å²) in [5.74, 6) is 1.34. The van der Waals surface area contributed by atoms with Crippen LogP contribution < -0.4 is 14.8 Å². The normalized spacial score (nSPS) is 11.6. The van der Waals surface area contributed by atoms with E-state index < -0.39 is 0 Å². The number of aryl methyl sites for hydroxylation is 2. The minimum absolute atomic E-state index is 0.00166. The fraction of sp³-hybridized carbons (Fsp3) is 0.316. The van der Waals surface area contributed by atoms with Gasteiger partial charge in [-0.3, -0.25) is 4.79 Å². The molecule has 122 valence electrons. The Morgan fingerprint density at radius 2 is 1.74 bits per heavy atom. The van der Waals surface area contributed by atoms with Crippen molar-refractivity contribution in [2.24, 2.45) is 0 Å². The summed E-state index contributed by atoms with van der Waals surface area (Å²) in [6, 6.07) is 15.4. The quantitative estimate of drug-likeness (QED) is 0.853. The molecule has 0 saturated carbocycles. The predicted octanol–water partition coefficient (Wildman–Crippen LogP) is 3.27. The van der Waals surface area contributed by atoms with Crippen LogP contribution in [0.4, 0.5) is 0 Å². The molecule has 0 bridgehead atoms. The summed E-state index contributed by atoms with van der Waals surface area (Å²) >= 11 is 0. The highest BCUT2D eigenvalue weighted by molar-refractivity contribution is 5.77. The molecule has 0 aliphatic heterocycles. The second kappa shape index (κ2) is 8.22. The highest BCUT2D eigenvalue weighted by atomic mass is 16.5. The number of benzene rings is 2. The molecule has 0 aliphatic rings. The maximum absolute atomic E-state index is 11.9. The molecule has 23 heavy (non-hydrogen) atoms. The second-order valence-electron chi connectivity index (χ2n) is 5.70. The smallest absolute Gasteiger partial charge is 0.258 e. The first kappa shape index (κ1) is 16.9. The van der Waals surface area contributed by atoms with Crippen molar-refractivity contribution in [3.05, 3.63) is 59.7 Å². The molecular weight excluding hydrogens is 290 g/mol. The van der Waals surface area contributed by atoms with Crippen LogP contribution in [-0.2, 0) is 4.79 Å². The average Bonchev–Trinajstić information content (AvgIpc) is 2.52. The molecule has 1 N–H and O–H groups in total. The largest absolute Gasteiger partial charge is 0.491 e. The lowest BCUT2D eigenvalue weighted by Gasteiger charge is -2.15.